The molecule has 0 fully saturated rings. The van der Waals surface area contributed by atoms with Gasteiger partial charge in [0.1, 0.15) is 0 Å². The van der Waals surface area contributed by atoms with E-state index < -0.39 is 0 Å². The molecule has 0 radical (unpaired) electrons. The van der Waals surface area contributed by atoms with Gasteiger partial charge in [-0.25, -0.2) is 0 Å². The standard InChI is InChI=1S/C18H19NO/c1-2-14-3-5-16(6-4-14)13-18(20)12-9-15-7-10-17(19)11-8-15/h3-12H,2,13,19H2,1H3/b12-9+. The highest BCUT2D eigenvalue weighted by Crippen LogP contribution is 2.09. The Balaban J connectivity index is 1.96. The molecule has 0 amide bonds. The van der Waals surface area contributed by atoms with Gasteiger partial charge in [0.15, 0.2) is 5.78 Å². The van der Waals surface area contributed by atoms with Crippen molar-refractivity contribution in [1.29, 1.82) is 0 Å². The summed E-state index contributed by atoms with van der Waals surface area (Å²) in [6.45, 7) is 2.12. The van der Waals surface area contributed by atoms with Crippen LogP contribution in [0.4, 0.5) is 5.69 Å². The Kier molecular flexibility index (Phi) is 4.72. The average molecular weight is 265 g/mol. The first-order chi connectivity index (χ1) is 9.67. The van der Waals surface area contributed by atoms with Crippen molar-refractivity contribution in [2.75, 3.05) is 5.73 Å². The molecule has 0 spiro atoms. The van der Waals surface area contributed by atoms with Crippen LogP contribution < -0.4 is 5.73 Å². The van der Waals surface area contributed by atoms with Crippen molar-refractivity contribution in [3.05, 3.63) is 71.3 Å². The molecule has 0 aliphatic heterocycles. The Labute approximate surface area is 119 Å². The number of carbonyl (C=O) groups excluding carboxylic acids is 1. The van der Waals surface area contributed by atoms with Crippen molar-refractivity contribution >= 4 is 17.5 Å². The lowest BCUT2D eigenvalue weighted by molar-refractivity contribution is -0.113. The van der Waals surface area contributed by atoms with Gasteiger partial charge in [0, 0.05) is 12.1 Å². The highest BCUT2D eigenvalue weighted by molar-refractivity contribution is 5.95. The van der Waals surface area contributed by atoms with Crippen LogP contribution in [0, 0.1) is 0 Å². The summed E-state index contributed by atoms with van der Waals surface area (Å²) in [6.07, 6.45) is 4.90. The predicted octanol–water partition coefficient (Wildman–Crippen LogP) is 3.66. The number of nitrogen functional groups attached to an aromatic ring is 1. The number of hydrogen-bond donors (Lipinski definition) is 1. The van der Waals surface area contributed by atoms with Crippen LogP contribution in [-0.2, 0) is 17.6 Å². The predicted molar refractivity (Wildman–Crippen MR) is 84.4 cm³/mol. The van der Waals surface area contributed by atoms with Crippen molar-refractivity contribution < 1.29 is 4.79 Å². The third kappa shape index (κ3) is 4.09. The fraction of sp³-hybridized carbons (Fsp3) is 0.167. The summed E-state index contributed by atoms with van der Waals surface area (Å²) in [4.78, 5) is 11.9. The highest BCUT2D eigenvalue weighted by atomic mass is 16.1. The first-order valence-electron chi connectivity index (χ1n) is 6.81. The second-order valence-corrected chi connectivity index (χ2v) is 4.81. The van der Waals surface area contributed by atoms with E-state index in [1.54, 1.807) is 6.08 Å². The van der Waals surface area contributed by atoms with Crippen LogP contribution in [0.25, 0.3) is 6.08 Å². The van der Waals surface area contributed by atoms with E-state index in [9.17, 15) is 4.79 Å². The Morgan fingerprint density at radius 3 is 2.20 bits per heavy atom. The van der Waals surface area contributed by atoms with E-state index in [4.69, 9.17) is 5.73 Å². The molecule has 2 N–H and O–H groups in total. The Morgan fingerprint density at radius 2 is 1.60 bits per heavy atom. The first-order valence-corrected chi connectivity index (χ1v) is 6.81. The Morgan fingerprint density at radius 1 is 1.00 bits per heavy atom. The average Bonchev–Trinajstić information content (AvgIpc) is 2.47. The van der Waals surface area contributed by atoms with Gasteiger partial charge in [-0.2, -0.15) is 0 Å². The van der Waals surface area contributed by atoms with Crippen molar-refractivity contribution in [2.24, 2.45) is 0 Å². The molecule has 0 aromatic heterocycles. The van der Waals surface area contributed by atoms with E-state index in [1.807, 2.05) is 42.5 Å². The number of nitrogens with two attached hydrogens (primary N) is 1. The second kappa shape index (κ2) is 6.71. The molecule has 102 valence electrons. The maximum Gasteiger partial charge on any atom is 0.160 e. The van der Waals surface area contributed by atoms with Gasteiger partial charge < -0.3 is 5.73 Å². The summed E-state index contributed by atoms with van der Waals surface area (Å²) < 4.78 is 0. The van der Waals surface area contributed by atoms with Crippen molar-refractivity contribution in [3.8, 4) is 0 Å². The van der Waals surface area contributed by atoms with Crippen LogP contribution in [0.15, 0.2) is 54.6 Å². The van der Waals surface area contributed by atoms with Gasteiger partial charge in [0.2, 0.25) is 0 Å². The summed E-state index contributed by atoms with van der Waals surface area (Å²) in [5.41, 5.74) is 9.66. The monoisotopic (exact) mass is 265 g/mol. The molecule has 20 heavy (non-hydrogen) atoms. The van der Waals surface area contributed by atoms with E-state index in [0.29, 0.717) is 6.42 Å². The van der Waals surface area contributed by atoms with Gasteiger partial charge in [-0.05, 0) is 41.3 Å². The third-order valence-electron chi connectivity index (χ3n) is 3.21. The van der Waals surface area contributed by atoms with Crippen LogP contribution in [-0.4, -0.2) is 5.78 Å². The molecule has 2 rings (SSSR count). The summed E-state index contributed by atoms with van der Waals surface area (Å²) in [6, 6.07) is 15.6. The lowest BCUT2D eigenvalue weighted by Gasteiger charge is -2.00. The van der Waals surface area contributed by atoms with Gasteiger partial charge in [0.05, 0.1) is 0 Å². The van der Waals surface area contributed by atoms with Crippen molar-refractivity contribution in [1.82, 2.24) is 0 Å². The van der Waals surface area contributed by atoms with E-state index in [0.717, 1.165) is 23.2 Å². The molecule has 0 saturated carbocycles. The number of rotatable bonds is 5. The molecule has 0 atom stereocenters. The zero-order chi connectivity index (χ0) is 14.4. The Hall–Kier alpha value is -2.35. The fourth-order valence-electron chi connectivity index (χ4n) is 1.95. The van der Waals surface area contributed by atoms with Gasteiger partial charge in [0.25, 0.3) is 0 Å². The summed E-state index contributed by atoms with van der Waals surface area (Å²) in [5, 5.41) is 0. The Bertz CT molecular complexity index is 594. The van der Waals surface area contributed by atoms with Crippen LogP contribution in [0.3, 0.4) is 0 Å². The molecule has 0 bridgehead atoms. The molecule has 0 aliphatic carbocycles. The van der Waals surface area contributed by atoms with Crippen LogP contribution in [0.5, 0.6) is 0 Å². The number of anilines is 1. The molecule has 2 aromatic rings. The van der Waals surface area contributed by atoms with Crippen LogP contribution in [0.2, 0.25) is 0 Å². The van der Waals surface area contributed by atoms with E-state index in [-0.39, 0.29) is 5.78 Å². The number of hydrogen-bond acceptors (Lipinski definition) is 2. The number of carbonyl (C=O) groups is 1. The SMILES string of the molecule is CCc1ccc(CC(=O)/C=C/c2ccc(N)cc2)cc1. The minimum atomic E-state index is 0.103. The number of benzene rings is 2. The van der Waals surface area contributed by atoms with Crippen molar-refractivity contribution in [2.45, 2.75) is 19.8 Å². The largest absolute Gasteiger partial charge is 0.399 e. The quantitative estimate of drug-likeness (QED) is 0.662. The minimum Gasteiger partial charge on any atom is -0.399 e. The van der Waals surface area contributed by atoms with Gasteiger partial charge in [-0.1, -0.05) is 49.4 Å². The molecule has 0 heterocycles. The molecule has 2 heteroatoms. The van der Waals surface area contributed by atoms with Gasteiger partial charge in [-0.3, -0.25) is 4.79 Å². The van der Waals surface area contributed by atoms with E-state index in [1.165, 1.54) is 5.56 Å². The van der Waals surface area contributed by atoms with Crippen LogP contribution >= 0.6 is 0 Å². The lowest BCUT2D eigenvalue weighted by Crippen LogP contribution is -1.98. The molecular weight excluding hydrogens is 246 g/mol. The molecule has 2 nitrogen and oxygen atoms in total. The zero-order valence-corrected chi connectivity index (χ0v) is 11.7. The molecule has 2 aromatic carbocycles. The molecule has 0 unspecified atom stereocenters. The smallest absolute Gasteiger partial charge is 0.160 e. The summed E-state index contributed by atoms with van der Waals surface area (Å²) in [7, 11) is 0. The summed E-state index contributed by atoms with van der Waals surface area (Å²) in [5.74, 6) is 0.103. The number of ketones is 1. The topological polar surface area (TPSA) is 43.1 Å². The van der Waals surface area contributed by atoms with Gasteiger partial charge in [-0.15, -0.1) is 0 Å². The number of allylic oxidation sites excluding steroid dienone is 1. The second-order valence-electron chi connectivity index (χ2n) is 4.81. The third-order valence-corrected chi connectivity index (χ3v) is 3.21. The van der Waals surface area contributed by atoms with E-state index in [2.05, 4.69) is 19.1 Å². The number of aryl methyl sites for hydroxylation is 1. The zero-order valence-electron chi connectivity index (χ0n) is 11.7. The maximum atomic E-state index is 11.9. The lowest BCUT2D eigenvalue weighted by atomic mass is 10.0. The molecule has 0 saturated heterocycles. The van der Waals surface area contributed by atoms with Gasteiger partial charge >= 0.3 is 0 Å². The summed E-state index contributed by atoms with van der Waals surface area (Å²) >= 11 is 0. The molecule has 0 aliphatic rings. The normalized spacial score (nSPS) is 10.8. The van der Waals surface area contributed by atoms with Crippen molar-refractivity contribution in [3.63, 3.8) is 0 Å². The maximum absolute atomic E-state index is 11.9. The first kappa shape index (κ1) is 14.1. The highest BCUT2D eigenvalue weighted by Gasteiger charge is 2.00. The fourth-order valence-corrected chi connectivity index (χ4v) is 1.95. The molecular formula is C18H19NO. The van der Waals surface area contributed by atoms with Crippen LogP contribution in [0.1, 0.15) is 23.6 Å². The minimum absolute atomic E-state index is 0.103. The van der Waals surface area contributed by atoms with E-state index >= 15 is 0 Å².